The minimum atomic E-state index is 0.0812. The lowest BCUT2D eigenvalue weighted by atomic mass is 9.80. The third kappa shape index (κ3) is 6.50. The highest BCUT2D eigenvalue weighted by atomic mass is 16.3. The van der Waals surface area contributed by atoms with E-state index in [2.05, 4.69) is 33.0 Å². The summed E-state index contributed by atoms with van der Waals surface area (Å²) < 4.78 is 0. The van der Waals surface area contributed by atoms with Gasteiger partial charge in [0.2, 0.25) is 5.91 Å². The third-order valence-corrected chi connectivity index (χ3v) is 2.93. The molecule has 0 aromatic heterocycles. The standard InChI is InChI=1S/C12H25NO2/c1-9(8-14)7-13-11(15)6-10(2)12(3,4)5/h9-10,14H,6-8H2,1-5H3,(H,13,15). The molecule has 0 aliphatic rings. The first-order chi connectivity index (χ1) is 6.77. The van der Waals surface area contributed by atoms with Gasteiger partial charge in [0.05, 0.1) is 0 Å². The van der Waals surface area contributed by atoms with Gasteiger partial charge in [-0.05, 0) is 17.3 Å². The average molecular weight is 215 g/mol. The zero-order valence-electron chi connectivity index (χ0n) is 10.6. The molecule has 0 heterocycles. The summed E-state index contributed by atoms with van der Waals surface area (Å²) >= 11 is 0. The maximum atomic E-state index is 11.5. The summed E-state index contributed by atoms with van der Waals surface area (Å²) in [5, 5.41) is 11.6. The highest BCUT2D eigenvalue weighted by Crippen LogP contribution is 2.27. The van der Waals surface area contributed by atoms with E-state index in [1.54, 1.807) is 0 Å². The van der Waals surface area contributed by atoms with Gasteiger partial charge >= 0.3 is 0 Å². The molecule has 0 rings (SSSR count). The molecule has 15 heavy (non-hydrogen) atoms. The van der Waals surface area contributed by atoms with Crippen LogP contribution in [0.2, 0.25) is 0 Å². The zero-order valence-corrected chi connectivity index (χ0v) is 10.6. The first-order valence-corrected chi connectivity index (χ1v) is 5.65. The number of rotatable bonds is 5. The van der Waals surface area contributed by atoms with E-state index in [1.165, 1.54) is 0 Å². The molecular weight excluding hydrogens is 190 g/mol. The Morgan fingerprint density at radius 1 is 1.33 bits per heavy atom. The summed E-state index contributed by atoms with van der Waals surface area (Å²) in [6, 6.07) is 0. The fourth-order valence-electron chi connectivity index (χ4n) is 1.01. The van der Waals surface area contributed by atoms with Crippen molar-refractivity contribution in [2.24, 2.45) is 17.3 Å². The van der Waals surface area contributed by atoms with Crippen molar-refractivity contribution < 1.29 is 9.90 Å². The maximum Gasteiger partial charge on any atom is 0.220 e. The van der Waals surface area contributed by atoms with Crippen LogP contribution < -0.4 is 5.32 Å². The van der Waals surface area contributed by atoms with Crippen LogP contribution in [0.1, 0.15) is 41.0 Å². The van der Waals surface area contributed by atoms with Crippen molar-refractivity contribution in [3.05, 3.63) is 0 Å². The van der Waals surface area contributed by atoms with Crippen molar-refractivity contribution in [3.8, 4) is 0 Å². The van der Waals surface area contributed by atoms with E-state index < -0.39 is 0 Å². The summed E-state index contributed by atoms with van der Waals surface area (Å²) in [5.74, 6) is 0.582. The van der Waals surface area contributed by atoms with Crippen molar-refractivity contribution in [3.63, 3.8) is 0 Å². The van der Waals surface area contributed by atoms with Gasteiger partial charge in [-0.25, -0.2) is 0 Å². The smallest absolute Gasteiger partial charge is 0.220 e. The molecule has 2 atom stereocenters. The van der Waals surface area contributed by atoms with Crippen molar-refractivity contribution in [1.29, 1.82) is 0 Å². The van der Waals surface area contributed by atoms with Gasteiger partial charge in [0, 0.05) is 19.6 Å². The number of aliphatic hydroxyl groups excluding tert-OH is 1. The molecule has 0 aliphatic carbocycles. The first-order valence-electron chi connectivity index (χ1n) is 5.65. The first kappa shape index (κ1) is 14.4. The molecule has 3 heteroatoms. The van der Waals surface area contributed by atoms with Crippen LogP contribution in [0.4, 0.5) is 0 Å². The van der Waals surface area contributed by atoms with E-state index in [4.69, 9.17) is 5.11 Å². The lowest BCUT2D eigenvalue weighted by Gasteiger charge is -2.26. The predicted molar refractivity (Wildman–Crippen MR) is 62.5 cm³/mol. The highest BCUT2D eigenvalue weighted by molar-refractivity contribution is 5.76. The van der Waals surface area contributed by atoms with Crippen LogP contribution in [0.5, 0.6) is 0 Å². The van der Waals surface area contributed by atoms with E-state index in [1.807, 2.05) is 6.92 Å². The number of amides is 1. The van der Waals surface area contributed by atoms with E-state index in [9.17, 15) is 4.79 Å². The molecule has 90 valence electrons. The van der Waals surface area contributed by atoms with E-state index in [-0.39, 0.29) is 23.8 Å². The fraction of sp³-hybridized carbons (Fsp3) is 0.917. The highest BCUT2D eigenvalue weighted by Gasteiger charge is 2.22. The molecule has 0 saturated carbocycles. The molecule has 1 amide bonds. The van der Waals surface area contributed by atoms with Crippen molar-refractivity contribution >= 4 is 5.91 Å². The van der Waals surface area contributed by atoms with Gasteiger partial charge in [0.15, 0.2) is 0 Å². The van der Waals surface area contributed by atoms with Crippen molar-refractivity contribution in [2.45, 2.75) is 41.0 Å². The minimum absolute atomic E-state index is 0.0812. The van der Waals surface area contributed by atoms with Crippen molar-refractivity contribution in [1.82, 2.24) is 5.32 Å². The third-order valence-electron chi connectivity index (χ3n) is 2.93. The molecule has 0 bridgehead atoms. The SMILES string of the molecule is CC(CO)CNC(=O)CC(C)C(C)(C)C. The Labute approximate surface area is 93.3 Å². The number of hydrogen-bond donors (Lipinski definition) is 2. The minimum Gasteiger partial charge on any atom is -0.396 e. The second kappa shape index (κ2) is 6.11. The Morgan fingerprint density at radius 2 is 1.87 bits per heavy atom. The van der Waals surface area contributed by atoms with Gasteiger partial charge in [-0.15, -0.1) is 0 Å². The zero-order chi connectivity index (χ0) is 12.1. The van der Waals surface area contributed by atoms with Crippen LogP contribution in [0.15, 0.2) is 0 Å². The van der Waals surface area contributed by atoms with Crippen LogP contribution in [-0.2, 0) is 4.79 Å². The second-order valence-electron chi connectivity index (χ2n) is 5.56. The molecule has 0 spiro atoms. The molecule has 3 nitrogen and oxygen atoms in total. The lowest BCUT2D eigenvalue weighted by Crippen LogP contribution is -2.32. The summed E-state index contributed by atoms with van der Waals surface area (Å²) in [6.07, 6.45) is 0.557. The van der Waals surface area contributed by atoms with Crippen LogP contribution in [-0.4, -0.2) is 24.2 Å². The van der Waals surface area contributed by atoms with Gasteiger partial charge in [-0.1, -0.05) is 34.6 Å². The Hall–Kier alpha value is -0.570. The summed E-state index contributed by atoms with van der Waals surface area (Å²) in [5.41, 5.74) is 0.167. The van der Waals surface area contributed by atoms with Crippen LogP contribution >= 0.6 is 0 Å². The summed E-state index contributed by atoms with van der Waals surface area (Å²) in [7, 11) is 0. The molecular formula is C12H25NO2. The van der Waals surface area contributed by atoms with Gasteiger partial charge in [0.25, 0.3) is 0 Å². The largest absolute Gasteiger partial charge is 0.396 e. The van der Waals surface area contributed by atoms with Gasteiger partial charge < -0.3 is 10.4 Å². The molecule has 0 aromatic carbocycles. The van der Waals surface area contributed by atoms with Crippen LogP contribution in [0.25, 0.3) is 0 Å². The van der Waals surface area contributed by atoms with Gasteiger partial charge in [0.1, 0.15) is 0 Å². The molecule has 2 N–H and O–H groups in total. The Morgan fingerprint density at radius 3 is 2.27 bits per heavy atom. The van der Waals surface area contributed by atoms with Crippen molar-refractivity contribution in [2.75, 3.05) is 13.2 Å². The maximum absolute atomic E-state index is 11.5. The quantitative estimate of drug-likeness (QED) is 0.734. The number of aliphatic hydroxyl groups is 1. The van der Waals surface area contributed by atoms with E-state index in [0.29, 0.717) is 18.9 Å². The summed E-state index contributed by atoms with van der Waals surface area (Å²) in [6.45, 7) is 11.1. The van der Waals surface area contributed by atoms with Crippen LogP contribution in [0, 0.1) is 17.3 Å². The topological polar surface area (TPSA) is 49.3 Å². The normalized spacial score (nSPS) is 15.9. The predicted octanol–water partition coefficient (Wildman–Crippen LogP) is 1.80. The fourth-order valence-corrected chi connectivity index (χ4v) is 1.01. The Bertz CT molecular complexity index is 196. The van der Waals surface area contributed by atoms with E-state index in [0.717, 1.165) is 0 Å². The summed E-state index contributed by atoms with van der Waals surface area (Å²) in [4.78, 5) is 11.5. The molecule has 0 saturated heterocycles. The van der Waals surface area contributed by atoms with Gasteiger partial charge in [-0.3, -0.25) is 4.79 Å². The number of carbonyl (C=O) groups excluding carboxylic acids is 1. The van der Waals surface area contributed by atoms with E-state index >= 15 is 0 Å². The monoisotopic (exact) mass is 215 g/mol. The number of carbonyl (C=O) groups is 1. The average Bonchev–Trinajstić information content (AvgIpc) is 2.12. The molecule has 2 unspecified atom stereocenters. The molecule has 0 aliphatic heterocycles. The van der Waals surface area contributed by atoms with Gasteiger partial charge in [-0.2, -0.15) is 0 Å². The number of nitrogens with one attached hydrogen (secondary N) is 1. The Kier molecular flexibility index (Phi) is 5.88. The van der Waals surface area contributed by atoms with Crippen LogP contribution in [0.3, 0.4) is 0 Å². The molecule has 0 aromatic rings. The molecule has 0 fully saturated rings. The lowest BCUT2D eigenvalue weighted by molar-refractivity contribution is -0.122. The second-order valence-corrected chi connectivity index (χ2v) is 5.56. The Balaban J connectivity index is 3.84. The number of hydrogen-bond acceptors (Lipinski definition) is 2. The molecule has 0 radical (unpaired) electrons.